The summed E-state index contributed by atoms with van der Waals surface area (Å²) in [7, 11) is 0. The zero-order valence-electron chi connectivity index (χ0n) is 9.69. The smallest absolute Gasteiger partial charge is 0.122 e. The molecule has 0 saturated heterocycles. The third-order valence-electron chi connectivity index (χ3n) is 3.35. The van der Waals surface area contributed by atoms with E-state index in [0.717, 1.165) is 9.75 Å². The molecule has 17 heavy (non-hydrogen) atoms. The van der Waals surface area contributed by atoms with Gasteiger partial charge in [0.05, 0.1) is 0 Å². The van der Waals surface area contributed by atoms with E-state index in [2.05, 4.69) is 6.07 Å². The van der Waals surface area contributed by atoms with Gasteiger partial charge in [-0.3, -0.25) is 0 Å². The van der Waals surface area contributed by atoms with Crippen molar-refractivity contribution in [1.29, 1.82) is 0 Å². The topological polar surface area (TPSA) is 20.2 Å². The number of aryl methyl sites for hydroxylation is 2. The summed E-state index contributed by atoms with van der Waals surface area (Å²) in [5, 5.41) is 12.3. The van der Waals surface area contributed by atoms with Crippen molar-refractivity contribution < 1.29 is 5.11 Å². The molecule has 2 aromatic heterocycles. The fourth-order valence-electron chi connectivity index (χ4n) is 2.41. The zero-order valence-corrected chi connectivity index (χ0v) is 11.3. The van der Waals surface area contributed by atoms with Crippen LogP contribution in [0, 0.1) is 0 Å². The molecule has 3 rings (SSSR count). The molecule has 0 bridgehead atoms. The SMILES string of the molecule is OC(c1cccs1)c1cc2c(s1)CCCCC2. The summed E-state index contributed by atoms with van der Waals surface area (Å²) in [4.78, 5) is 3.69. The minimum Gasteiger partial charge on any atom is -0.382 e. The molecular weight excluding hydrogens is 248 g/mol. The average Bonchev–Trinajstić information content (AvgIpc) is 2.95. The van der Waals surface area contributed by atoms with Gasteiger partial charge >= 0.3 is 0 Å². The van der Waals surface area contributed by atoms with Gasteiger partial charge in [0.1, 0.15) is 6.10 Å². The fraction of sp³-hybridized carbons (Fsp3) is 0.429. The van der Waals surface area contributed by atoms with Crippen LogP contribution in [-0.2, 0) is 12.8 Å². The van der Waals surface area contributed by atoms with Crippen molar-refractivity contribution >= 4 is 22.7 Å². The van der Waals surface area contributed by atoms with Crippen molar-refractivity contribution in [3.05, 3.63) is 43.8 Å². The summed E-state index contributed by atoms with van der Waals surface area (Å²) >= 11 is 3.44. The molecule has 1 aliphatic rings. The number of aliphatic hydroxyl groups excluding tert-OH is 1. The Hall–Kier alpha value is -0.640. The minimum atomic E-state index is -0.410. The highest BCUT2D eigenvalue weighted by Gasteiger charge is 2.18. The Labute approximate surface area is 110 Å². The normalized spacial score (nSPS) is 17.5. The van der Waals surface area contributed by atoms with Gasteiger partial charge in [-0.2, -0.15) is 0 Å². The van der Waals surface area contributed by atoms with Crippen LogP contribution in [-0.4, -0.2) is 5.11 Å². The van der Waals surface area contributed by atoms with Gasteiger partial charge in [0.25, 0.3) is 0 Å². The van der Waals surface area contributed by atoms with Gasteiger partial charge in [0.2, 0.25) is 0 Å². The monoisotopic (exact) mass is 264 g/mol. The molecule has 0 aromatic carbocycles. The van der Waals surface area contributed by atoms with Crippen LogP contribution in [0.4, 0.5) is 0 Å². The second-order valence-corrected chi connectivity index (χ2v) is 6.72. The maximum absolute atomic E-state index is 10.3. The number of hydrogen-bond donors (Lipinski definition) is 1. The Morgan fingerprint density at radius 2 is 2.00 bits per heavy atom. The lowest BCUT2D eigenvalue weighted by atomic mass is 10.1. The van der Waals surface area contributed by atoms with E-state index in [1.165, 1.54) is 42.5 Å². The molecule has 0 aliphatic heterocycles. The molecule has 2 aromatic rings. The highest BCUT2D eigenvalue weighted by Crippen LogP contribution is 2.35. The standard InChI is InChI=1S/C14H16OS2/c15-14(12-7-4-8-16-12)13-9-10-5-2-1-3-6-11(10)17-13/h4,7-9,14-15H,1-3,5-6H2. The Balaban J connectivity index is 1.89. The van der Waals surface area contributed by atoms with Gasteiger partial charge in [-0.15, -0.1) is 22.7 Å². The van der Waals surface area contributed by atoms with Crippen LogP contribution in [0.5, 0.6) is 0 Å². The van der Waals surface area contributed by atoms with Gasteiger partial charge < -0.3 is 5.11 Å². The molecule has 1 N–H and O–H groups in total. The number of thiophene rings is 2. The Morgan fingerprint density at radius 1 is 1.12 bits per heavy atom. The first-order chi connectivity index (χ1) is 8.34. The van der Waals surface area contributed by atoms with Gasteiger partial charge in [0, 0.05) is 14.6 Å². The van der Waals surface area contributed by atoms with Crippen molar-refractivity contribution in [2.45, 2.75) is 38.2 Å². The van der Waals surface area contributed by atoms with Crippen molar-refractivity contribution in [3.63, 3.8) is 0 Å². The molecule has 1 unspecified atom stereocenters. The van der Waals surface area contributed by atoms with E-state index in [4.69, 9.17) is 0 Å². The van der Waals surface area contributed by atoms with E-state index in [0.29, 0.717) is 0 Å². The lowest BCUT2D eigenvalue weighted by molar-refractivity contribution is 0.228. The lowest BCUT2D eigenvalue weighted by Crippen LogP contribution is -1.93. The summed E-state index contributed by atoms with van der Waals surface area (Å²) in [6.45, 7) is 0. The third-order valence-corrected chi connectivity index (χ3v) is 5.56. The van der Waals surface area contributed by atoms with Gasteiger partial charge in [0.15, 0.2) is 0 Å². The van der Waals surface area contributed by atoms with Gasteiger partial charge in [-0.25, -0.2) is 0 Å². The number of fused-ring (bicyclic) bond motifs is 1. The predicted molar refractivity (Wildman–Crippen MR) is 74.0 cm³/mol. The molecule has 1 nitrogen and oxygen atoms in total. The van der Waals surface area contributed by atoms with E-state index in [-0.39, 0.29) is 0 Å². The van der Waals surface area contributed by atoms with Gasteiger partial charge in [-0.1, -0.05) is 12.5 Å². The minimum absolute atomic E-state index is 0.410. The van der Waals surface area contributed by atoms with E-state index in [9.17, 15) is 5.11 Å². The summed E-state index contributed by atoms with van der Waals surface area (Å²) in [5.74, 6) is 0. The van der Waals surface area contributed by atoms with E-state index in [1.807, 2.05) is 28.8 Å². The predicted octanol–water partition coefficient (Wildman–Crippen LogP) is 4.16. The number of aliphatic hydroxyl groups is 1. The molecule has 90 valence electrons. The highest BCUT2D eigenvalue weighted by atomic mass is 32.1. The third kappa shape index (κ3) is 2.32. The largest absolute Gasteiger partial charge is 0.382 e. The molecule has 1 aliphatic carbocycles. The van der Waals surface area contributed by atoms with Crippen molar-refractivity contribution in [1.82, 2.24) is 0 Å². The first-order valence-electron chi connectivity index (χ1n) is 6.17. The van der Waals surface area contributed by atoms with Crippen LogP contribution < -0.4 is 0 Å². The summed E-state index contributed by atoms with van der Waals surface area (Å²) < 4.78 is 0. The molecule has 0 radical (unpaired) electrons. The quantitative estimate of drug-likeness (QED) is 0.808. The molecule has 0 amide bonds. The Morgan fingerprint density at radius 3 is 2.82 bits per heavy atom. The van der Waals surface area contributed by atoms with Crippen LogP contribution in [0.3, 0.4) is 0 Å². The fourth-order valence-corrected chi connectivity index (χ4v) is 4.48. The van der Waals surface area contributed by atoms with Crippen LogP contribution >= 0.6 is 22.7 Å². The van der Waals surface area contributed by atoms with Crippen LogP contribution in [0.25, 0.3) is 0 Å². The number of rotatable bonds is 2. The van der Waals surface area contributed by atoms with Crippen molar-refractivity contribution in [3.8, 4) is 0 Å². The summed E-state index contributed by atoms with van der Waals surface area (Å²) in [6, 6.07) is 6.25. The molecule has 0 fully saturated rings. The van der Waals surface area contributed by atoms with Crippen molar-refractivity contribution in [2.75, 3.05) is 0 Å². The molecule has 3 heteroatoms. The Kier molecular flexibility index (Phi) is 3.32. The molecule has 2 heterocycles. The maximum atomic E-state index is 10.3. The molecule has 0 saturated carbocycles. The number of hydrogen-bond acceptors (Lipinski definition) is 3. The molecular formula is C14H16OS2. The molecule has 1 atom stereocenters. The van der Waals surface area contributed by atoms with Gasteiger partial charge in [-0.05, 0) is 48.8 Å². The summed E-state index contributed by atoms with van der Waals surface area (Å²) in [5.41, 5.74) is 1.48. The summed E-state index contributed by atoms with van der Waals surface area (Å²) in [6.07, 6.45) is 5.96. The highest BCUT2D eigenvalue weighted by molar-refractivity contribution is 7.13. The first kappa shape index (κ1) is 11.5. The Bertz CT molecular complexity index is 461. The van der Waals surface area contributed by atoms with Crippen LogP contribution in [0.2, 0.25) is 0 Å². The van der Waals surface area contributed by atoms with E-state index in [1.54, 1.807) is 11.3 Å². The average molecular weight is 264 g/mol. The van der Waals surface area contributed by atoms with Crippen LogP contribution in [0.15, 0.2) is 23.6 Å². The van der Waals surface area contributed by atoms with E-state index < -0.39 is 6.10 Å². The first-order valence-corrected chi connectivity index (χ1v) is 7.87. The second-order valence-electron chi connectivity index (χ2n) is 4.58. The molecule has 0 spiro atoms. The van der Waals surface area contributed by atoms with Crippen LogP contribution in [0.1, 0.15) is 45.6 Å². The van der Waals surface area contributed by atoms with E-state index >= 15 is 0 Å². The lowest BCUT2D eigenvalue weighted by Gasteiger charge is -2.04. The van der Waals surface area contributed by atoms with Crippen molar-refractivity contribution in [2.24, 2.45) is 0 Å². The zero-order chi connectivity index (χ0) is 11.7. The maximum Gasteiger partial charge on any atom is 0.122 e. The second kappa shape index (κ2) is 4.92.